The molecule has 4 heteroatoms. The number of hydrogen-bond acceptors (Lipinski definition) is 4. The normalized spacial score (nSPS) is 22.2. The summed E-state index contributed by atoms with van der Waals surface area (Å²) in [5.41, 5.74) is 1.16. The fourth-order valence-corrected chi connectivity index (χ4v) is 2.48. The largest absolute Gasteiger partial charge is 0.383 e. The number of piperazine rings is 1. The summed E-state index contributed by atoms with van der Waals surface area (Å²) in [6.07, 6.45) is 1.87. The molecule has 2 rings (SSSR count). The minimum absolute atomic E-state index is 0.595. The molecule has 0 unspecified atom stereocenters. The highest BCUT2D eigenvalue weighted by Gasteiger charge is 2.23. The van der Waals surface area contributed by atoms with Crippen LogP contribution in [0.5, 0.6) is 0 Å². The topological polar surface area (TPSA) is 28.6 Å². The maximum Gasteiger partial charge on any atom is 0.0589 e. The van der Waals surface area contributed by atoms with Gasteiger partial charge in [0.25, 0.3) is 0 Å². The van der Waals surface area contributed by atoms with Gasteiger partial charge in [0.2, 0.25) is 0 Å². The van der Waals surface area contributed by atoms with Gasteiger partial charge in [-0.2, -0.15) is 0 Å². The van der Waals surface area contributed by atoms with Crippen molar-refractivity contribution in [2.45, 2.75) is 19.5 Å². The maximum absolute atomic E-state index is 5.15. The van der Waals surface area contributed by atoms with Gasteiger partial charge in [-0.25, -0.2) is 0 Å². The molecule has 0 aliphatic carbocycles. The van der Waals surface area contributed by atoms with Gasteiger partial charge in [0.15, 0.2) is 0 Å². The Morgan fingerprint density at radius 2 is 2.28 bits per heavy atom. The average Bonchev–Trinajstić information content (AvgIpc) is 2.39. The molecule has 18 heavy (non-hydrogen) atoms. The van der Waals surface area contributed by atoms with Crippen LogP contribution < -0.4 is 0 Å². The Hall–Kier alpha value is -0.970. The van der Waals surface area contributed by atoms with Crippen LogP contribution in [0.15, 0.2) is 24.4 Å². The van der Waals surface area contributed by atoms with E-state index in [-0.39, 0.29) is 0 Å². The quantitative estimate of drug-likeness (QED) is 0.785. The van der Waals surface area contributed by atoms with Crippen molar-refractivity contribution >= 4 is 0 Å². The van der Waals surface area contributed by atoms with E-state index in [1.165, 1.54) is 0 Å². The molecule has 1 aliphatic heterocycles. The Bertz CT molecular complexity index is 344. The summed E-state index contributed by atoms with van der Waals surface area (Å²) in [6, 6.07) is 6.72. The van der Waals surface area contributed by atoms with Gasteiger partial charge < -0.3 is 4.74 Å². The van der Waals surface area contributed by atoms with Gasteiger partial charge in [-0.1, -0.05) is 6.07 Å². The van der Waals surface area contributed by atoms with E-state index >= 15 is 0 Å². The number of rotatable bonds is 5. The molecule has 0 radical (unpaired) electrons. The Morgan fingerprint density at radius 3 is 2.94 bits per heavy atom. The molecule has 0 aromatic carbocycles. The third-order valence-corrected chi connectivity index (χ3v) is 3.54. The van der Waals surface area contributed by atoms with Crippen LogP contribution in [-0.2, 0) is 11.3 Å². The second kappa shape index (κ2) is 6.83. The van der Waals surface area contributed by atoms with Crippen LogP contribution in [0, 0.1) is 0 Å². The van der Waals surface area contributed by atoms with Gasteiger partial charge in [-0.05, 0) is 19.1 Å². The SMILES string of the molecule is COCCN1CCN(Cc2ccccn2)C[C@H]1C. The smallest absolute Gasteiger partial charge is 0.0589 e. The lowest BCUT2D eigenvalue weighted by Crippen LogP contribution is -2.52. The van der Waals surface area contributed by atoms with Crippen LogP contribution in [-0.4, -0.2) is 60.7 Å². The second-order valence-corrected chi connectivity index (χ2v) is 4.93. The molecule has 1 aromatic rings. The van der Waals surface area contributed by atoms with Crippen molar-refractivity contribution < 1.29 is 4.74 Å². The minimum Gasteiger partial charge on any atom is -0.383 e. The van der Waals surface area contributed by atoms with Gasteiger partial charge in [-0.15, -0.1) is 0 Å². The predicted molar refractivity (Wildman–Crippen MR) is 72.4 cm³/mol. The Morgan fingerprint density at radius 1 is 1.39 bits per heavy atom. The molecule has 0 saturated carbocycles. The molecule has 1 aromatic heterocycles. The lowest BCUT2D eigenvalue weighted by molar-refractivity contribution is 0.0552. The lowest BCUT2D eigenvalue weighted by Gasteiger charge is -2.39. The first-order chi connectivity index (χ1) is 8.79. The van der Waals surface area contributed by atoms with Crippen LogP contribution in [0.3, 0.4) is 0 Å². The summed E-state index contributed by atoms with van der Waals surface area (Å²) in [6.45, 7) is 8.46. The van der Waals surface area contributed by atoms with E-state index < -0.39 is 0 Å². The lowest BCUT2D eigenvalue weighted by atomic mass is 10.2. The number of hydrogen-bond donors (Lipinski definition) is 0. The van der Waals surface area contributed by atoms with E-state index in [4.69, 9.17) is 4.74 Å². The van der Waals surface area contributed by atoms with E-state index in [9.17, 15) is 0 Å². The number of aromatic nitrogens is 1. The fourth-order valence-electron chi connectivity index (χ4n) is 2.48. The monoisotopic (exact) mass is 249 g/mol. The van der Waals surface area contributed by atoms with Crippen molar-refractivity contribution in [2.75, 3.05) is 39.9 Å². The first-order valence-electron chi connectivity index (χ1n) is 6.65. The molecule has 100 valence electrons. The van der Waals surface area contributed by atoms with Crippen LogP contribution in [0.1, 0.15) is 12.6 Å². The molecule has 2 heterocycles. The minimum atomic E-state index is 0.595. The van der Waals surface area contributed by atoms with Gasteiger partial charge in [0.05, 0.1) is 12.3 Å². The van der Waals surface area contributed by atoms with Crippen molar-refractivity contribution in [3.8, 4) is 0 Å². The van der Waals surface area contributed by atoms with Gasteiger partial charge in [0, 0.05) is 52.1 Å². The van der Waals surface area contributed by atoms with Gasteiger partial charge in [-0.3, -0.25) is 14.8 Å². The number of ether oxygens (including phenoxy) is 1. The molecule has 0 bridgehead atoms. The molecule has 1 fully saturated rings. The van der Waals surface area contributed by atoms with E-state index in [1.807, 2.05) is 12.3 Å². The summed E-state index contributed by atoms with van der Waals surface area (Å²) >= 11 is 0. The van der Waals surface area contributed by atoms with Crippen molar-refractivity contribution in [3.05, 3.63) is 30.1 Å². The first kappa shape index (κ1) is 13.5. The van der Waals surface area contributed by atoms with Crippen LogP contribution in [0.2, 0.25) is 0 Å². The molecular weight excluding hydrogens is 226 g/mol. The third kappa shape index (κ3) is 3.77. The molecule has 1 aliphatic rings. The molecule has 4 nitrogen and oxygen atoms in total. The maximum atomic E-state index is 5.15. The highest BCUT2D eigenvalue weighted by atomic mass is 16.5. The summed E-state index contributed by atoms with van der Waals surface area (Å²) < 4.78 is 5.15. The Kier molecular flexibility index (Phi) is 5.11. The predicted octanol–water partition coefficient (Wildman–Crippen LogP) is 1.23. The zero-order chi connectivity index (χ0) is 12.8. The molecular formula is C14H23N3O. The summed E-state index contributed by atoms with van der Waals surface area (Å²) in [4.78, 5) is 9.37. The molecule has 0 spiro atoms. The third-order valence-electron chi connectivity index (χ3n) is 3.54. The molecule has 1 atom stereocenters. The number of nitrogens with zero attached hydrogens (tertiary/aromatic N) is 3. The van der Waals surface area contributed by atoms with Crippen LogP contribution >= 0.6 is 0 Å². The zero-order valence-electron chi connectivity index (χ0n) is 11.4. The van der Waals surface area contributed by atoms with Gasteiger partial charge >= 0.3 is 0 Å². The average molecular weight is 249 g/mol. The molecule has 0 N–H and O–H groups in total. The summed E-state index contributed by atoms with van der Waals surface area (Å²) in [5, 5.41) is 0. The fraction of sp³-hybridized carbons (Fsp3) is 0.643. The summed E-state index contributed by atoms with van der Waals surface area (Å²) in [7, 11) is 1.77. The number of methoxy groups -OCH3 is 1. The van der Waals surface area contributed by atoms with Crippen LogP contribution in [0.4, 0.5) is 0 Å². The molecule has 1 saturated heterocycles. The van der Waals surface area contributed by atoms with Crippen molar-refractivity contribution in [2.24, 2.45) is 0 Å². The van der Waals surface area contributed by atoms with Gasteiger partial charge in [0.1, 0.15) is 0 Å². The van der Waals surface area contributed by atoms with Crippen molar-refractivity contribution in [1.82, 2.24) is 14.8 Å². The first-order valence-corrected chi connectivity index (χ1v) is 6.65. The zero-order valence-corrected chi connectivity index (χ0v) is 11.4. The standard InChI is InChI=1S/C14H23N3O/c1-13-11-16(7-8-17(13)9-10-18-2)12-14-5-3-4-6-15-14/h3-6,13H,7-12H2,1-2H3/t13-/m1/s1. The Labute approximate surface area is 110 Å². The summed E-state index contributed by atoms with van der Waals surface area (Å²) in [5.74, 6) is 0. The van der Waals surface area contributed by atoms with E-state index in [1.54, 1.807) is 7.11 Å². The van der Waals surface area contributed by atoms with E-state index in [0.717, 1.165) is 45.0 Å². The van der Waals surface area contributed by atoms with E-state index in [0.29, 0.717) is 6.04 Å². The number of pyridine rings is 1. The Balaban J connectivity index is 1.81. The second-order valence-electron chi connectivity index (χ2n) is 4.93. The van der Waals surface area contributed by atoms with Crippen molar-refractivity contribution in [3.63, 3.8) is 0 Å². The molecule has 0 amide bonds. The van der Waals surface area contributed by atoms with Crippen LogP contribution in [0.25, 0.3) is 0 Å². The highest BCUT2D eigenvalue weighted by Crippen LogP contribution is 2.11. The van der Waals surface area contributed by atoms with Crippen molar-refractivity contribution in [1.29, 1.82) is 0 Å². The van der Waals surface area contributed by atoms with E-state index in [2.05, 4.69) is 33.8 Å². The highest BCUT2D eigenvalue weighted by molar-refractivity contribution is 5.03.